The number of hydrogen-bond acceptors (Lipinski definition) is 3. The van der Waals surface area contributed by atoms with Crippen LogP contribution in [0, 0.1) is 17.8 Å². The van der Waals surface area contributed by atoms with E-state index in [9.17, 15) is 9.59 Å². The third-order valence-corrected chi connectivity index (χ3v) is 6.42. The van der Waals surface area contributed by atoms with Crippen LogP contribution in [-0.4, -0.2) is 37.5 Å². The van der Waals surface area contributed by atoms with Crippen LogP contribution in [0.5, 0.6) is 0 Å². The van der Waals surface area contributed by atoms with Crippen LogP contribution in [-0.2, 0) is 9.59 Å². The molecular formula is C20H36ClN3O2. The summed E-state index contributed by atoms with van der Waals surface area (Å²) in [5, 5.41) is 9.80. The molecule has 1 unspecified atom stereocenters. The SMILES string of the molecule is Cl.O=C(NCCC1CCCNC1)C1CCC(NC(=O)C2CCCC2)CC1. The first-order valence-corrected chi connectivity index (χ1v) is 10.5. The largest absolute Gasteiger partial charge is 0.356 e. The van der Waals surface area contributed by atoms with Gasteiger partial charge in [0.25, 0.3) is 0 Å². The van der Waals surface area contributed by atoms with Crippen molar-refractivity contribution in [2.45, 2.75) is 76.7 Å². The molecule has 2 amide bonds. The third kappa shape index (κ3) is 6.41. The molecule has 0 aromatic heterocycles. The standard InChI is InChI=1S/C20H35N3O2.ClH/c24-19(22-13-11-15-4-3-12-21-14-15)17-7-9-18(10-8-17)23-20(25)16-5-1-2-6-16;/h15-18,21H,1-14H2,(H,22,24)(H,23,25);1H. The van der Waals surface area contributed by atoms with E-state index in [-0.39, 0.29) is 42.1 Å². The topological polar surface area (TPSA) is 70.2 Å². The Bertz CT molecular complexity index is 440. The molecule has 6 heteroatoms. The summed E-state index contributed by atoms with van der Waals surface area (Å²) < 4.78 is 0. The summed E-state index contributed by atoms with van der Waals surface area (Å²) in [5.74, 6) is 1.59. The molecule has 3 fully saturated rings. The molecular weight excluding hydrogens is 350 g/mol. The van der Waals surface area contributed by atoms with Crippen molar-refractivity contribution in [2.75, 3.05) is 19.6 Å². The molecule has 0 aromatic rings. The molecule has 3 N–H and O–H groups in total. The van der Waals surface area contributed by atoms with E-state index in [1.165, 1.54) is 25.7 Å². The van der Waals surface area contributed by atoms with Crippen molar-refractivity contribution >= 4 is 24.2 Å². The number of nitrogens with one attached hydrogen (secondary N) is 3. The summed E-state index contributed by atoms with van der Waals surface area (Å²) in [4.78, 5) is 24.6. The summed E-state index contributed by atoms with van der Waals surface area (Å²) in [6.07, 6.45) is 11.9. The highest BCUT2D eigenvalue weighted by Crippen LogP contribution is 2.28. The zero-order valence-electron chi connectivity index (χ0n) is 15.9. The van der Waals surface area contributed by atoms with E-state index in [1.807, 2.05) is 0 Å². The molecule has 150 valence electrons. The second kappa shape index (κ2) is 11.1. The number of rotatable bonds is 6. The van der Waals surface area contributed by atoms with E-state index in [0.29, 0.717) is 0 Å². The fraction of sp³-hybridized carbons (Fsp3) is 0.900. The normalized spacial score (nSPS) is 29.6. The van der Waals surface area contributed by atoms with E-state index in [2.05, 4.69) is 16.0 Å². The van der Waals surface area contributed by atoms with Gasteiger partial charge in [-0.2, -0.15) is 0 Å². The first kappa shape index (κ1) is 21.5. The number of carbonyl (C=O) groups is 2. The highest BCUT2D eigenvalue weighted by Gasteiger charge is 2.29. The fourth-order valence-corrected chi connectivity index (χ4v) is 4.72. The van der Waals surface area contributed by atoms with Crippen molar-refractivity contribution in [3.8, 4) is 0 Å². The average molecular weight is 386 g/mol. The first-order chi connectivity index (χ1) is 12.2. The predicted molar refractivity (Wildman–Crippen MR) is 106 cm³/mol. The Morgan fingerprint density at radius 1 is 0.846 bits per heavy atom. The molecule has 3 rings (SSSR count). The molecule has 1 saturated heterocycles. The van der Waals surface area contributed by atoms with E-state index in [0.717, 1.165) is 70.5 Å². The smallest absolute Gasteiger partial charge is 0.223 e. The van der Waals surface area contributed by atoms with Gasteiger partial charge in [-0.25, -0.2) is 0 Å². The quantitative estimate of drug-likeness (QED) is 0.658. The second-order valence-corrected chi connectivity index (χ2v) is 8.33. The van der Waals surface area contributed by atoms with Crippen molar-refractivity contribution in [1.29, 1.82) is 0 Å². The van der Waals surface area contributed by atoms with Gasteiger partial charge in [0.1, 0.15) is 0 Å². The lowest BCUT2D eigenvalue weighted by atomic mass is 9.85. The van der Waals surface area contributed by atoms with Gasteiger partial charge in [-0.3, -0.25) is 9.59 Å². The molecule has 1 atom stereocenters. The molecule has 0 radical (unpaired) electrons. The van der Waals surface area contributed by atoms with Gasteiger partial charge in [0.05, 0.1) is 0 Å². The Morgan fingerprint density at radius 3 is 2.19 bits per heavy atom. The van der Waals surface area contributed by atoms with Gasteiger partial charge in [0, 0.05) is 24.4 Å². The fourth-order valence-electron chi connectivity index (χ4n) is 4.72. The van der Waals surface area contributed by atoms with Gasteiger partial charge in [0.2, 0.25) is 11.8 Å². The van der Waals surface area contributed by atoms with Crippen LogP contribution in [0.1, 0.15) is 70.6 Å². The van der Waals surface area contributed by atoms with Crippen molar-refractivity contribution in [1.82, 2.24) is 16.0 Å². The van der Waals surface area contributed by atoms with Gasteiger partial charge in [-0.1, -0.05) is 12.8 Å². The Hall–Kier alpha value is -0.810. The van der Waals surface area contributed by atoms with Crippen molar-refractivity contribution < 1.29 is 9.59 Å². The molecule has 1 heterocycles. The number of halogens is 1. The highest BCUT2D eigenvalue weighted by molar-refractivity contribution is 5.85. The monoisotopic (exact) mass is 385 g/mol. The zero-order valence-corrected chi connectivity index (χ0v) is 16.8. The third-order valence-electron chi connectivity index (χ3n) is 6.42. The minimum absolute atomic E-state index is 0. The molecule has 0 spiro atoms. The van der Waals surface area contributed by atoms with Crippen LogP contribution in [0.3, 0.4) is 0 Å². The average Bonchev–Trinajstić information content (AvgIpc) is 3.18. The molecule has 2 saturated carbocycles. The maximum absolute atomic E-state index is 12.4. The summed E-state index contributed by atoms with van der Waals surface area (Å²) >= 11 is 0. The molecule has 1 aliphatic heterocycles. The van der Waals surface area contributed by atoms with Crippen LogP contribution in [0.25, 0.3) is 0 Å². The lowest BCUT2D eigenvalue weighted by molar-refractivity contribution is -0.126. The van der Waals surface area contributed by atoms with E-state index >= 15 is 0 Å². The number of hydrogen-bond donors (Lipinski definition) is 3. The second-order valence-electron chi connectivity index (χ2n) is 8.33. The van der Waals surface area contributed by atoms with Crippen molar-refractivity contribution in [3.63, 3.8) is 0 Å². The zero-order chi connectivity index (χ0) is 17.5. The highest BCUT2D eigenvalue weighted by atomic mass is 35.5. The lowest BCUT2D eigenvalue weighted by Gasteiger charge is -2.29. The first-order valence-electron chi connectivity index (χ1n) is 10.5. The van der Waals surface area contributed by atoms with Crippen molar-refractivity contribution in [2.24, 2.45) is 17.8 Å². The van der Waals surface area contributed by atoms with E-state index in [4.69, 9.17) is 0 Å². The van der Waals surface area contributed by atoms with Gasteiger partial charge < -0.3 is 16.0 Å². The van der Waals surface area contributed by atoms with Gasteiger partial charge in [-0.05, 0) is 76.8 Å². The molecule has 26 heavy (non-hydrogen) atoms. The van der Waals surface area contributed by atoms with Crippen LogP contribution < -0.4 is 16.0 Å². The van der Waals surface area contributed by atoms with Crippen LogP contribution in [0.2, 0.25) is 0 Å². The summed E-state index contributed by atoms with van der Waals surface area (Å²) in [6.45, 7) is 3.05. The molecule has 0 aromatic carbocycles. The maximum Gasteiger partial charge on any atom is 0.223 e. The Balaban J connectivity index is 0.00000243. The van der Waals surface area contributed by atoms with Gasteiger partial charge >= 0.3 is 0 Å². The number of carbonyl (C=O) groups excluding carboxylic acids is 2. The molecule has 5 nitrogen and oxygen atoms in total. The summed E-state index contributed by atoms with van der Waals surface area (Å²) in [5.41, 5.74) is 0. The molecule has 0 bridgehead atoms. The van der Waals surface area contributed by atoms with Gasteiger partial charge in [0.15, 0.2) is 0 Å². The van der Waals surface area contributed by atoms with Crippen LogP contribution in [0.15, 0.2) is 0 Å². The van der Waals surface area contributed by atoms with Gasteiger partial charge in [-0.15, -0.1) is 12.4 Å². The minimum atomic E-state index is 0. The van der Waals surface area contributed by atoms with E-state index < -0.39 is 0 Å². The summed E-state index contributed by atoms with van der Waals surface area (Å²) in [7, 11) is 0. The predicted octanol–water partition coefficient (Wildman–Crippen LogP) is 2.78. The lowest BCUT2D eigenvalue weighted by Crippen LogP contribution is -2.43. The minimum Gasteiger partial charge on any atom is -0.356 e. The summed E-state index contributed by atoms with van der Waals surface area (Å²) in [6, 6.07) is 0.283. The molecule has 2 aliphatic carbocycles. The number of amides is 2. The Labute approximate surface area is 164 Å². The Kier molecular flexibility index (Phi) is 9.20. The van der Waals surface area contributed by atoms with Crippen molar-refractivity contribution in [3.05, 3.63) is 0 Å². The number of piperidine rings is 1. The molecule has 3 aliphatic rings. The maximum atomic E-state index is 12.4. The van der Waals surface area contributed by atoms with Crippen LogP contribution in [0.4, 0.5) is 0 Å². The Morgan fingerprint density at radius 2 is 1.54 bits per heavy atom. The van der Waals surface area contributed by atoms with E-state index in [1.54, 1.807) is 0 Å². The van der Waals surface area contributed by atoms with Crippen LogP contribution >= 0.6 is 12.4 Å².